The van der Waals surface area contributed by atoms with Crippen LogP contribution in [0.15, 0.2) is 65.7 Å². The van der Waals surface area contributed by atoms with Crippen molar-refractivity contribution >= 4 is 21.5 Å². The summed E-state index contributed by atoms with van der Waals surface area (Å²) in [4.78, 5) is 3.73. The first-order chi connectivity index (χ1) is 13.8. The van der Waals surface area contributed by atoms with Gasteiger partial charge in [-0.1, -0.05) is 18.2 Å². The van der Waals surface area contributed by atoms with Gasteiger partial charge < -0.3 is 10.4 Å². The van der Waals surface area contributed by atoms with E-state index in [1.54, 1.807) is 6.07 Å². The second-order valence-corrected chi connectivity index (χ2v) is 7.71. The zero-order valence-electron chi connectivity index (χ0n) is 14.8. The van der Waals surface area contributed by atoms with Crippen LogP contribution in [0.4, 0.5) is 24.7 Å². The van der Waals surface area contributed by atoms with Crippen molar-refractivity contribution in [2.75, 3.05) is 16.6 Å². The molecule has 3 N–H and O–H groups in total. The van der Waals surface area contributed by atoms with Gasteiger partial charge in [-0.2, -0.15) is 0 Å². The lowest BCUT2D eigenvalue weighted by Gasteiger charge is -2.14. The van der Waals surface area contributed by atoms with Crippen LogP contribution in [-0.4, -0.2) is 25.1 Å². The van der Waals surface area contributed by atoms with Crippen LogP contribution < -0.4 is 10.0 Å². The Morgan fingerprint density at radius 1 is 0.966 bits per heavy atom. The summed E-state index contributed by atoms with van der Waals surface area (Å²) < 4.78 is 66.6. The van der Waals surface area contributed by atoms with Gasteiger partial charge in [0.25, 0.3) is 10.0 Å². The zero-order chi connectivity index (χ0) is 21.0. The van der Waals surface area contributed by atoms with E-state index in [0.717, 1.165) is 24.4 Å². The normalized spacial score (nSPS) is 12.4. The minimum atomic E-state index is -4.07. The lowest BCUT2D eigenvalue weighted by molar-refractivity contribution is 0.186. The van der Waals surface area contributed by atoms with E-state index in [1.165, 1.54) is 30.3 Å². The van der Waals surface area contributed by atoms with Crippen molar-refractivity contribution in [3.63, 3.8) is 0 Å². The molecule has 0 saturated heterocycles. The Hall–Kier alpha value is -3.11. The van der Waals surface area contributed by atoms with Gasteiger partial charge >= 0.3 is 0 Å². The first-order valence-electron chi connectivity index (χ1n) is 8.36. The van der Waals surface area contributed by atoms with Gasteiger partial charge in [0.05, 0.1) is 11.8 Å². The predicted octanol–water partition coefficient (Wildman–Crippen LogP) is 3.45. The number of aliphatic hydroxyl groups excluding tert-OH is 1. The quantitative estimate of drug-likeness (QED) is 0.542. The molecule has 0 fully saturated rings. The number of nitrogens with one attached hydrogen (secondary N) is 2. The number of hydrogen-bond acceptors (Lipinski definition) is 5. The average Bonchev–Trinajstić information content (AvgIpc) is 2.69. The van der Waals surface area contributed by atoms with Crippen LogP contribution in [0.5, 0.6) is 0 Å². The summed E-state index contributed by atoms with van der Waals surface area (Å²) in [5.41, 5.74) is -0.0194. The standard InChI is InChI=1S/C19H16F3N3O3S/c20-15-4-2-1-3-14(15)18(26)11-24-19-8-6-13(10-23-19)29(27,28)25-12-5-7-16(21)17(22)9-12/h1-10,18,25-26H,11H2,(H,23,24). The zero-order valence-corrected chi connectivity index (χ0v) is 15.6. The number of halogens is 3. The van der Waals surface area contributed by atoms with Gasteiger partial charge in [0.15, 0.2) is 11.6 Å². The number of benzene rings is 2. The molecule has 3 rings (SSSR count). The van der Waals surface area contributed by atoms with Gasteiger partial charge in [-0.3, -0.25) is 4.72 Å². The van der Waals surface area contributed by atoms with Gasteiger partial charge in [0, 0.05) is 24.4 Å². The highest BCUT2D eigenvalue weighted by molar-refractivity contribution is 7.92. The highest BCUT2D eigenvalue weighted by Crippen LogP contribution is 2.20. The Balaban J connectivity index is 1.66. The Kier molecular flexibility index (Phi) is 6.04. The highest BCUT2D eigenvalue weighted by atomic mass is 32.2. The van der Waals surface area contributed by atoms with Crippen LogP contribution >= 0.6 is 0 Å². The van der Waals surface area contributed by atoms with Gasteiger partial charge in [0.1, 0.15) is 16.5 Å². The lowest BCUT2D eigenvalue weighted by Crippen LogP contribution is -2.15. The molecule has 0 bridgehead atoms. The van der Waals surface area contributed by atoms with Crippen molar-refractivity contribution in [1.29, 1.82) is 0 Å². The summed E-state index contributed by atoms with van der Waals surface area (Å²) in [5, 5.41) is 12.8. The highest BCUT2D eigenvalue weighted by Gasteiger charge is 2.16. The lowest BCUT2D eigenvalue weighted by atomic mass is 10.1. The molecule has 0 aliphatic heterocycles. The van der Waals surface area contributed by atoms with Crippen LogP contribution in [0.25, 0.3) is 0 Å². The molecule has 1 unspecified atom stereocenters. The monoisotopic (exact) mass is 423 g/mol. The minimum Gasteiger partial charge on any atom is -0.386 e. The van der Waals surface area contributed by atoms with Gasteiger partial charge in [-0.25, -0.2) is 26.6 Å². The maximum atomic E-state index is 13.7. The second kappa shape index (κ2) is 8.50. The maximum absolute atomic E-state index is 13.7. The van der Waals surface area contributed by atoms with Crippen LogP contribution in [0, 0.1) is 17.5 Å². The summed E-state index contributed by atoms with van der Waals surface area (Å²) in [5.74, 6) is -2.56. The Morgan fingerprint density at radius 2 is 1.72 bits per heavy atom. The van der Waals surface area contributed by atoms with Crippen molar-refractivity contribution in [1.82, 2.24) is 4.98 Å². The van der Waals surface area contributed by atoms with Gasteiger partial charge in [-0.05, 0) is 30.3 Å². The van der Waals surface area contributed by atoms with E-state index in [9.17, 15) is 26.7 Å². The molecular weight excluding hydrogens is 407 g/mol. The molecule has 0 radical (unpaired) electrons. The first kappa shape index (κ1) is 20.6. The third kappa shape index (κ3) is 5.04. The number of hydrogen-bond donors (Lipinski definition) is 3. The topological polar surface area (TPSA) is 91.3 Å². The summed E-state index contributed by atoms with van der Waals surface area (Å²) in [6, 6.07) is 11.0. The van der Waals surface area contributed by atoms with E-state index < -0.39 is 33.6 Å². The van der Waals surface area contributed by atoms with Crippen molar-refractivity contribution in [2.45, 2.75) is 11.0 Å². The Bertz CT molecular complexity index is 1110. The number of sulfonamides is 1. The Morgan fingerprint density at radius 3 is 2.38 bits per heavy atom. The third-order valence-electron chi connectivity index (χ3n) is 3.96. The number of pyridine rings is 1. The fraction of sp³-hybridized carbons (Fsp3) is 0.105. The molecule has 0 amide bonds. The van der Waals surface area contributed by atoms with Crippen LogP contribution in [0.3, 0.4) is 0 Å². The van der Waals surface area contributed by atoms with E-state index in [2.05, 4.69) is 15.0 Å². The molecule has 2 aromatic carbocycles. The van der Waals surface area contributed by atoms with Crippen molar-refractivity contribution in [2.24, 2.45) is 0 Å². The largest absolute Gasteiger partial charge is 0.386 e. The van der Waals surface area contributed by atoms with E-state index >= 15 is 0 Å². The molecular formula is C19H16F3N3O3S. The molecule has 1 atom stereocenters. The molecule has 1 heterocycles. The first-order valence-corrected chi connectivity index (χ1v) is 9.85. The van der Waals surface area contributed by atoms with E-state index in [4.69, 9.17) is 0 Å². The van der Waals surface area contributed by atoms with Gasteiger partial charge in [-0.15, -0.1) is 0 Å². The summed E-state index contributed by atoms with van der Waals surface area (Å²) in [6.45, 7) is -0.0485. The number of nitrogens with zero attached hydrogens (tertiary/aromatic N) is 1. The number of aliphatic hydroxyl groups is 1. The van der Waals surface area contributed by atoms with Crippen molar-refractivity contribution in [3.8, 4) is 0 Å². The minimum absolute atomic E-state index is 0.0485. The summed E-state index contributed by atoms with van der Waals surface area (Å²) in [7, 11) is -4.07. The summed E-state index contributed by atoms with van der Waals surface area (Å²) in [6.07, 6.45) is -0.0727. The van der Waals surface area contributed by atoms with Crippen LogP contribution in [-0.2, 0) is 10.0 Å². The third-order valence-corrected chi connectivity index (χ3v) is 5.33. The SMILES string of the molecule is O=S(=O)(Nc1ccc(F)c(F)c1)c1ccc(NCC(O)c2ccccc2F)nc1. The molecule has 1 aromatic heterocycles. The fourth-order valence-corrected chi connectivity index (χ4v) is 3.47. The fourth-order valence-electron chi connectivity index (χ4n) is 2.47. The number of anilines is 2. The molecule has 0 spiro atoms. The molecule has 0 saturated carbocycles. The second-order valence-electron chi connectivity index (χ2n) is 6.03. The molecule has 3 aromatic rings. The number of aromatic nitrogens is 1. The maximum Gasteiger partial charge on any atom is 0.263 e. The molecule has 0 aliphatic rings. The van der Waals surface area contributed by atoms with Crippen molar-refractivity contribution in [3.05, 3.63) is 83.8 Å². The van der Waals surface area contributed by atoms with Crippen LogP contribution in [0.1, 0.15) is 11.7 Å². The smallest absolute Gasteiger partial charge is 0.263 e. The predicted molar refractivity (Wildman–Crippen MR) is 101 cm³/mol. The van der Waals surface area contributed by atoms with Crippen LogP contribution in [0.2, 0.25) is 0 Å². The Labute approximate surface area is 165 Å². The van der Waals surface area contributed by atoms with E-state index in [0.29, 0.717) is 0 Å². The molecule has 0 aliphatic carbocycles. The van der Waals surface area contributed by atoms with E-state index in [1.807, 2.05) is 0 Å². The molecule has 29 heavy (non-hydrogen) atoms. The molecule has 10 heteroatoms. The molecule has 152 valence electrons. The van der Waals surface area contributed by atoms with Gasteiger partial charge in [0.2, 0.25) is 0 Å². The summed E-state index contributed by atoms with van der Waals surface area (Å²) >= 11 is 0. The number of rotatable bonds is 7. The van der Waals surface area contributed by atoms with Crippen molar-refractivity contribution < 1.29 is 26.7 Å². The van der Waals surface area contributed by atoms with E-state index in [-0.39, 0.29) is 28.5 Å². The molecule has 6 nitrogen and oxygen atoms in total. The average molecular weight is 423 g/mol.